The number of aliphatic carboxylic acids is 1. The summed E-state index contributed by atoms with van der Waals surface area (Å²) in [5.41, 5.74) is 0.662. The van der Waals surface area contributed by atoms with E-state index in [9.17, 15) is 9.90 Å². The second kappa shape index (κ2) is 5.49. The van der Waals surface area contributed by atoms with Crippen molar-refractivity contribution in [1.82, 2.24) is 5.32 Å². The minimum Gasteiger partial charge on any atom is -0.504 e. The third-order valence-corrected chi connectivity index (χ3v) is 3.94. The first kappa shape index (κ1) is 13.0. The van der Waals surface area contributed by atoms with E-state index in [2.05, 4.69) is 5.32 Å². The van der Waals surface area contributed by atoms with Crippen molar-refractivity contribution in [3.05, 3.63) is 23.8 Å². The highest BCUT2D eigenvalue weighted by molar-refractivity contribution is 7.99. The van der Waals surface area contributed by atoms with E-state index in [-0.39, 0.29) is 11.1 Å². The third kappa shape index (κ3) is 2.54. The van der Waals surface area contributed by atoms with Gasteiger partial charge in [-0.3, -0.25) is 10.1 Å². The molecule has 1 aromatic rings. The Bertz CT molecular complexity index is 452. The van der Waals surface area contributed by atoms with Crippen molar-refractivity contribution in [2.75, 3.05) is 12.4 Å². The van der Waals surface area contributed by atoms with Crippen LogP contribution in [0.4, 0.5) is 0 Å². The first-order chi connectivity index (χ1) is 8.63. The Labute approximate surface area is 109 Å². The number of rotatable bonds is 4. The largest absolute Gasteiger partial charge is 0.504 e. The molecular formula is C12H15NO4S. The molecule has 0 amide bonds. The van der Waals surface area contributed by atoms with Gasteiger partial charge in [-0.25, -0.2) is 0 Å². The molecule has 0 radical (unpaired) electrons. The molecule has 2 rings (SSSR count). The molecule has 98 valence electrons. The number of hydrogen-bond donors (Lipinski definition) is 3. The Kier molecular flexibility index (Phi) is 3.98. The summed E-state index contributed by atoms with van der Waals surface area (Å²) < 4.78 is 5.31. The number of aromatic hydroxyl groups is 1. The van der Waals surface area contributed by atoms with Crippen molar-refractivity contribution in [1.29, 1.82) is 0 Å². The van der Waals surface area contributed by atoms with E-state index in [1.54, 1.807) is 18.2 Å². The maximum atomic E-state index is 10.9. The summed E-state index contributed by atoms with van der Waals surface area (Å²) >= 11 is 1.47. The monoisotopic (exact) mass is 269 g/mol. The van der Waals surface area contributed by atoms with E-state index in [1.165, 1.54) is 11.8 Å². The van der Waals surface area contributed by atoms with Gasteiger partial charge in [0.2, 0.25) is 0 Å². The summed E-state index contributed by atoms with van der Waals surface area (Å²) in [5.74, 6) is 0.121. The lowest BCUT2D eigenvalue weighted by Gasteiger charge is -2.15. The van der Waals surface area contributed by atoms with E-state index in [1.807, 2.05) is 6.92 Å². The van der Waals surface area contributed by atoms with Crippen LogP contribution in [0.5, 0.6) is 11.5 Å². The molecule has 18 heavy (non-hydrogen) atoms. The Balaban J connectivity index is 2.19. The lowest BCUT2D eigenvalue weighted by Crippen LogP contribution is -2.33. The van der Waals surface area contributed by atoms with Gasteiger partial charge in [-0.2, -0.15) is 0 Å². The fourth-order valence-corrected chi connectivity index (χ4v) is 3.07. The number of carboxylic acid groups (broad SMARTS) is 1. The van der Waals surface area contributed by atoms with Crippen molar-refractivity contribution >= 4 is 17.7 Å². The highest BCUT2D eigenvalue weighted by Gasteiger charge is 2.32. The lowest BCUT2D eigenvalue weighted by atomic mass is 10.1. The molecule has 0 saturated carbocycles. The number of ether oxygens (including phenoxy) is 1. The second-order valence-corrected chi connectivity index (χ2v) is 5.04. The molecule has 0 unspecified atom stereocenters. The zero-order valence-corrected chi connectivity index (χ0v) is 10.7. The average Bonchev–Trinajstić information content (AvgIpc) is 2.81. The Hall–Kier alpha value is -1.40. The number of phenols is 1. The smallest absolute Gasteiger partial charge is 0.321 e. The number of thioether (sulfide) groups is 1. The zero-order chi connectivity index (χ0) is 13.1. The van der Waals surface area contributed by atoms with Gasteiger partial charge < -0.3 is 14.9 Å². The van der Waals surface area contributed by atoms with E-state index in [0.717, 1.165) is 0 Å². The Morgan fingerprint density at radius 3 is 3.00 bits per heavy atom. The molecule has 0 bridgehead atoms. The first-order valence-corrected chi connectivity index (χ1v) is 6.73. The molecule has 1 heterocycles. The molecular weight excluding hydrogens is 254 g/mol. The Morgan fingerprint density at radius 2 is 2.39 bits per heavy atom. The molecule has 6 heteroatoms. The van der Waals surface area contributed by atoms with Crippen LogP contribution in [0.25, 0.3) is 0 Å². The number of nitrogens with one attached hydrogen (secondary N) is 1. The number of carbonyl (C=O) groups is 1. The highest BCUT2D eigenvalue weighted by Crippen LogP contribution is 2.41. The molecule has 5 nitrogen and oxygen atoms in total. The molecule has 1 saturated heterocycles. The van der Waals surface area contributed by atoms with Gasteiger partial charge in [0.15, 0.2) is 11.5 Å². The van der Waals surface area contributed by atoms with Crippen LogP contribution >= 0.6 is 11.8 Å². The summed E-state index contributed by atoms with van der Waals surface area (Å²) in [7, 11) is 0. The first-order valence-electron chi connectivity index (χ1n) is 5.68. The fraction of sp³-hybridized carbons (Fsp3) is 0.417. The van der Waals surface area contributed by atoms with Gasteiger partial charge in [0.1, 0.15) is 6.04 Å². The lowest BCUT2D eigenvalue weighted by molar-refractivity contribution is -0.138. The number of phenolic OH excluding ortho intramolecular Hbond substituents is 1. The van der Waals surface area contributed by atoms with Crippen molar-refractivity contribution in [2.45, 2.75) is 18.3 Å². The van der Waals surface area contributed by atoms with Crippen molar-refractivity contribution in [3.63, 3.8) is 0 Å². The minimum absolute atomic E-state index is 0.0791. The van der Waals surface area contributed by atoms with Crippen LogP contribution in [0, 0.1) is 0 Å². The van der Waals surface area contributed by atoms with E-state index < -0.39 is 12.0 Å². The van der Waals surface area contributed by atoms with Crippen molar-refractivity contribution < 1.29 is 19.7 Å². The van der Waals surface area contributed by atoms with Crippen LogP contribution in [0.2, 0.25) is 0 Å². The number of para-hydroxylation sites is 1. The van der Waals surface area contributed by atoms with Crippen LogP contribution in [0.15, 0.2) is 18.2 Å². The molecule has 1 aliphatic heterocycles. The van der Waals surface area contributed by atoms with E-state index in [0.29, 0.717) is 23.7 Å². The normalized spacial score (nSPS) is 22.9. The maximum absolute atomic E-state index is 10.9. The van der Waals surface area contributed by atoms with Crippen LogP contribution in [-0.2, 0) is 4.79 Å². The number of carboxylic acids is 1. The number of benzene rings is 1. The van der Waals surface area contributed by atoms with Gasteiger partial charge in [0.05, 0.1) is 12.0 Å². The van der Waals surface area contributed by atoms with Crippen LogP contribution in [-0.4, -0.2) is 34.6 Å². The fourth-order valence-electron chi connectivity index (χ4n) is 1.82. The molecule has 0 aromatic heterocycles. The molecule has 1 aliphatic rings. The van der Waals surface area contributed by atoms with Crippen LogP contribution in [0.1, 0.15) is 17.9 Å². The molecule has 0 aliphatic carbocycles. The van der Waals surface area contributed by atoms with Crippen molar-refractivity contribution in [2.24, 2.45) is 0 Å². The second-order valence-electron chi connectivity index (χ2n) is 3.90. The maximum Gasteiger partial charge on any atom is 0.321 e. The standard InChI is InChI=1S/C12H15NO4S/c1-2-17-9-5-3-4-7(10(9)14)11-13-8(6-18-11)12(15)16/h3-5,8,11,13-14H,2,6H2,1H3,(H,15,16)/t8-,11-/m0/s1. The Morgan fingerprint density at radius 1 is 1.61 bits per heavy atom. The van der Waals surface area contributed by atoms with Crippen LogP contribution in [0.3, 0.4) is 0 Å². The third-order valence-electron chi connectivity index (χ3n) is 2.69. The SMILES string of the molecule is CCOc1cccc([C@H]2N[C@H](C(=O)O)CS2)c1O. The number of hydrogen-bond acceptors (Lipinski definition) is 5. The van der Waals surface area contributed by atoms with Gasteiger partial charge in [0, 0.05) is 11.3 Å². The van der Waals surface area contributed by atoms with E-state index in [4.69, 9.17) is 9.84 Å². The molecule has 2 atom stereocenters. The minimum atomic E-state index is -0.870. The zero-order valence-electron chi connectivity index (χ0n) is 9.92. The van der Waals surface area contributed by atoms with Gasteiger partial charge in [-0.15, -0.1) is 11.8 Å². The summed E-state index contributed by atoms with van der Waals surface area (Å²) in [6.45, 7) is 2.31. The molecule has 1 fully saturated rings. The van der Waals surface area contributed by atoms with Gasteiger partial charge in [-0.05, 0) is 13.0 Å². The summed E-state index contributed by atoms with van der Waals surface area (Å²) in [4.78, 5) is 10.9. The molecule has 3 N–H and O–H groups in total. The quantitative estimate of drug-likeness (QED) is 0.770. The highest BCUT2D eigenvalue weighted by atomic mass is 32.2. The van der Waals surface area contributed by atoms with Crippen molar-refractivity contribution in [3.8, 4) is 11.5 Å². The predicted molar refractivity (Wildman–Crippen MR) is 69.0 cm³/mol. The average molecular weight is 269 g/mol. The molecule has 1 aromatic carbocycles. The molecule has 0 spiro atoms. The predicted octanol–water partition coefficient (Wildman–Crippen LogP) is 1.58. The van der Waals surface area contributed by atoms with Gasteiger partial charge in [0.25, 0.3) is 0 Å². The summed E-state index contributed by atoms with van der Waals surface area (Å²) in [6.07, 6.45) is 0. The van der Waals surface area contributed by atoms with Crippen LogP contribution < -0.4 is 10.1 Å². The summed E-state index contributed by atoms with van der Waals surface area (Å²) in [6, 6.07) is 4.68. The van der Waals surface area contributed by atoms with Gasteiger partial charge >= 0.3 is 5.97 Å². The van der Waals surface area contributed by atoms with Gasteiger partial charge in [-0.1, -0.05) is 12.1 Å². The summed E-state index contributed by atoms with van der Waals surface area (Å²) in [5, 5.41) is 21.8. The van der Waals surface area contributed by atoms with E-state index >= 15 is 0 Å². The topological polar surface area (TPSA) is 78.8 Å².